The maximum atomic E-state index is 8.97. The minimum atomic E-state index is -0.542. The van der Waals surface area contributed by atoms with E-state index in [2.05, 4.69) is 11.4 Å². The molecular weight excluding hydrogens is 228 g/mol. The van der Waals surface area contributed by atoms with Gasteiger partial charge in [0.25, 0.3) is 0 Å². The lowest BCUT2D eigenvalue weighted by Crippen LogP contribution is -2.37. The number of nitriles is 1. The molecule has 0 unspecified atom stereocenters. The van der Waals surface area contributed by atoms with Gasteiger partial charge in [0.2, 0.25) is 0 Å². The first kappa shape index (κ1) is 14.3. The molecule has 0 saturated heterocycles. The zero-order valence-corrected chi connectivity index (χ0v) is 11.6. The topological polar surface area (TPSA) is 54.3 Å². The molecule has 0 saturated carbocycles. The van der Waals surface area contributed by atoms with Crippen molar-refractivity contribution in [3.8, 4) is 17.6 Å². The van der Waals surface area contributed by atoms with Gasteiger partial charge in [-0.1, -0.05) is 0 Å². The van der Waals surface area contributed by atoms with E-state index in [0.29, 0.717) is 12.3 Å². The lowest BCUT2D eigenvalue weighted by Gasteiger charge is -2.19. The van der Waals surface area contributed by atoms with Crippen molar-refractivity contribution in [2.45, 2.75) is 32.9 Å². The van der Waals surface area contributed by atoms with Crippen LogP contribution in [0.4, 0.5) is 0 Å². The van der Waals surface area contributed by atoms with E-state index >= 15 is 0 Å². The molecule has 1 aromatic rings. The number of methoxy groups -OCH3 is 2. The summed E-state index contributed by atoms with van der Waals surface area (Å²) in [4.78, 5) is 0. The first-order valence-corrected chi connectivity index (χ1v) is 5.81. The van der Waals surface area contributed by atoms with Gasteiger partial charge < -0.3 is 9.47 Å². The van der Waals surface area contributed by atoms with E-state index < -0.39 is 5.54 Å². The van der Waals surface area contributed by atoms with E-state index in [1.807, 2.05) is 32.9 Å². The predicted octanol–water partition coefficient (Wildman–Crippen LogP) is 2.40. The van der Waals surface area contributed by atoms with E-state index in [-0.39, 0.29) is 0 Å². The Labute approximate surface area is 109 Å². The van der Waals surface area contributed by atoms with Crippen LogP contribution >= 0.6 is 0 Å². The van der Waals surface area contributed by atoms with Crippen LogP contribution in [-0.2, 0) is 6.54 Å². The molecule has 0 amide bonds. The molecule has 0 aliphatic heterocycles. The van der Waals surface area contributed by atoms with E-state index in [9.17, 15) is 0 Å². The average Bonchev–Trinajstić information content (AvgIpc) is 2.36. The summed E-state index contributed by atoms with van der Waals surface area (Å²) in [5, 5.41) is 12.2. The van der Waals surface area contributed by atoms with Crippen LogP contribution in [0.25, 0.3) is 0 Å². The standard InChI is InChI=1S/C14H20N2O2/c1-10-6-12(17-4)13(18-5)7-11(10)8-16-14(2,3)9-15/h6-7,16H,8H2,1-5H3. The van der Waals surface area contributed by atoms with Crippen LogP contribution in [0.5, 0.6) is 11.5 Å². The predicted molar refractivity (Wildman–Crippen MR) is 70.8 cm³/mol. The number of nitrogens with zero attached hydrogens (tertiary/aromatic N) is 1. The second kappa shape index (κ2) is 5.74. The maximum absolute atomic E-state index is 8.97. The van der Waals surface area contributed by atoms with Gasteiger partial charge >= 0.3 is 0 Å². The fourth-order valence-electron chi connectivity index (χ4n) is 1.57. The molecule has 4 heteroatoms. The fourth-order valence-corrected chi connectivity index (χ4v) is 1.57. The van der Waals surface area contributed by atoms with Gasteiger partial charge in [-0.05, 0) is 44.0 Å². The van der Waals surface area contributed by atoms with Gasteiger partial charge in [0.05, 0.1) is 20.3 Å². The Bertz CT molecular complexity index is 462. The molecule has 1 rings (SSSR count). The highest BCUT2D eigenvalue weighted by atomic mass is 16.5. The summed E-state index contributed by atoms with van der Waals surface area (Å²) in [5.74, 6) is 1.42. The van der Waals surface area contributed by atoms with Crippen molar-refractivity contribution >= 4 is 0 Å². The molecule has 0 aliphatic rings. The molecule has 0 spiro atoms. The summed E-state index contributed by atoms with van der Waals surface area (Å²) < 4.78 is 10.5. The molecular formula is C14H20N2O2. The van der Waals surface area contributed by atoms with Crippen LogP contribution < -0.4 is 14.8 Å². The lowest BCUT2D eigenvalue weighted by atomic mass is 10.0. The highest BCUT2D eigenvalue weighted by Gasteiger charge is 2.16. The summed E-state index contributed by atoms with van der Waals surface area (Å²) >= 11 is 0. The summed E-state index contributed by atoms with van der Waals surface area (Å²) in [6.45, 7) is 6.33. The fraction of sp³-hybridized carbons (Fsp3) is 0.500. The van der Waals surface area contributed by atoms with E-state index in [4.69, 9.17) is 14.7 Å². The van der Waals surface area contributed by atoms with E-state index in [1.54, 1.807) is 14.2 Å². The van der Waals surface area contributed by atoms with Crippen molar-refractivity contribution in [2.24, 2.45) is 0 Å². The number of ether oxygens (including phenoxy) is 2. The Morgan fingerprint density at radius 2 is 1.78 bits per heavy atom. The van der Waals surface area contributed by atoms with Gasteiger partial charge in [0, 0.05) is 6.54 Å². The van der Waals surface area contributed by atoms with Crippen molar-refractivity contribution < 1.29 is 9.47 Å². The first-order valence-electron chi connectivity index (χ1n) is 5.81. The van der Waals surface area contributed by atoms with Crippen molar-refractivity contribution in [2.75, 3.05) is 14.2 Å². The second-order valence-electron chi connectivity index (χ2n) is 4.72. The minimum Gasteiger partial charge on any atom is -0.493 e. The Kier molecular flexibility index (Phi) is 4.57. The molecule has 4 nitrogen and oxygen atoms in total. The number of rotatable bonds is 5. The van der Waals surface area contributed by atoms with Crippen LogP contribution in [0.15, 0.2) is 12.1 Å². The zero-order valence-electron chi connectivity index (χ0n) is 11.6. The van der Waals surface area contributed by atoms with Crippen molar-refractivity contribution in [1.82, 2.24) is 5.32 Å². The molecule has 0 aliphatic carbocycles. The number of nitrogens with one attached hydrogen (secondary N) is 1. The van der Waals surface area contributed by atoms with Crippen LogP contribution in [0.3, 0.4) is 0 Å². The number of hydrogen-bond acceptors (Lipinski definition) is 4. The molecule has 98 valence electrons. The molecule has 0 aromatic heterocycles. The maximum Gasteiger partial charge on any atom is 0.161 e. The summed E-state index contributed by atoms with van der Waals surface area (Å²) in [6.07, 6.45) is 0. The molecule has 0 atom stereocenters. The van der Waals surface area contributed by atoms with Crippen LogP contribution in [-0.4, -0.2) is 19.8 Å². The highest BCUT2D eigenvalue weighted by Crippen LogP contribution is 2.30. The summed E-state index contributed by atoms with van der Waals surface area (Å²) in [6, 6.07) is 6.09. The molecule has 1 N–H and O–H groups in total. The molecule has 0 radical (unpaired) electrons. The average molecular weight is 248 g/mol. The normalized spacial score (nSPS) is 10.9. The number of hydrogen-bond donors (Lipinski definition) is 1. The third kappa shape index (κ3) is 3.38. The first-order chi connectivity index (χ1) is 8.43. The number of benzene rings is 1. The minimum absolute atomic E-state index is 0.542. The zero-order chi connectivity index (χ0) is 13.8. The quantitative estimate of drug-likeness (QED) is 0.869. The highest BCUT2D eigenvalue weighted by molar-refractivity contribution is 5.47. The van der Waals surface area contributed by atoms with Crippen LogP contribution in [0.1, 0.15) is 25.0 Å². The molecule has 0 heterocycles. The van der Waals surface area contributed by atoms with E-state index in [1.165, 1.54) is 0 Å². The monoisotopic (exact) mass is 248 g/mol. The van der Waals surface area contributed by atoms with Gasteiger partial charge in [-0.25, -0.2) is 0 Å². The third-order valence-corrected chi connectivity index (χ3v) is 2.84. The van der Waals surface area contributed by atoms with Crippen molar-refractivity contribution in [3.05, 3.63) is 23.3 Å². The van der Waals surface area contributed by atoms with Gasteiger partial charge in [-0.2, -0.15) is 5.26 Å². The Morgan fingerprint density at radius 3 is 2.28 bits per heavy atom. The molecule has 0 fully saturated rings. The van der Waals surface area contributed by atoms with Gasteiger partial charge in [0.1, 0.15) is 5.54 Å². The summed E-state index contributed by atoms with van der Waals surface area (Å²) in [5.41, 5.74) is 1.66. The molecule has 1 aromatic carbocycles. The lowest BCUT2D eigenvalue weighted by molar-refractivity contribution is 0.353. The molecule has 0 bridgehead atoms. The van der Waals surface area contributed by atoms with Gasteiger partial charge in [-0.15, -0.1) is 0 Å². The van der Waals surface area contributed by atoms with Crippen LogP contribution in [0, 0.1) is 18.3 Å². The third-order valence-electron chi connectivity index (χ3n) is 2.84. The summed E-state index contributed by atoms with van der Waals surface area (Å²) in [7, 11) is 3.23. The van der Waals surface area contributed by atoms with Crippen molar-refractivity contribution in [3.63, 3.8) is 0 Å². The Hall–Kier alpha value is -1.73. The van der Waals surface area contributed by atoms with Gasteiger partial charge in [0.15, 0.2) is 11.5 Å². The Morgan fingerprint density at radius 1 is 1.22 bits per heavy atom. The van der Waals surface area contributed by atoms with Crippen molar-refractivity contribution in [1.29, 1.82) is 5.26 Å². The smallest absolute Gasteiger partial charge is 0.161 e. The molecule has 18 heavy (non-hydrogen) atoms. The Balaban J connectivity index is 2.94. The van der Waals surface area contributed by atoms with E-state index in [0.717, 1.165) is 16.9 Å². The number of aryl methyl sites for hydroxylation is 1. The van der Waals surface area contributed by atoms with Gasteiger partial charge in [-0.3, -0.25) is 5.32 Å². The largest absolute Gasteiger partial charge is 0.493 e. The second-order valence-corrected chi connectivity index (χ2v) is 4.72. The SMILES string of the molecule is COc1cc(C)c(CNC(C)(C)C#N)cc1OC. The van der Waals surface area contributed by atoms with Crippen LogP contribution in [0.2, 0.25) is 0 Å².